The van der Waals surface area contributed by atoms with Crippen molar-refractivity contribution in [3.63, 3.8) is 0 Å². The number of carboxylic acid groups (broad SMARTS) is 1. The molecule has 1 rings (SSSR count). The van der Waals surface area contributed by atoms with E-state index in [2.05, 4.69) is 5.32 Å². The quantitative estimate of drug-likeness (QED) is 0.532. The summed E-state index contributed by atoms with van der Waals surface area (Å²) in [6, 6.07) is 0. The molecule has 0 saturated heterocycles. The third-order valence-corrected chi connectivity index (χ3v) is 2.34. The van der Waals surface area contributed by atoms with Crippen molar-refractivity contribution in [3.05, 3.63) is 33.2 Å². The Labute approximate surface area is 88.7 Å². The summed E-state index contributed by atoms with van der Waals surface area (Å²) in [5.41, 5.74) is 0.943. The summed E-state index contributed by atoms with van der Waals surface area (Å²) in [5.74, 6) is -0.965. The van der Waals surface area contributed by atoms with Gasteiger partial charge >= 0.3 is 5.97 Å². The van der Waals surface area contributed by atoms with Crippen LogP contribution in [-0.4, -0.2) is 17.3 Å². The Morgan fingerprint density at radius 2 is 2.31 bits per heavy atom. The molecule has 5 heteroatoms. The van der Waals surface area contributed by atoms with Gasteiger partial charge in [-0.15, -0.1) is 0 Å². The van der Waals surface area contributed by atoms with E-state index in [9.17, 15) is 4.79 Å². The molecule has 0 fully saturated rings. The predicted octanol–water partition coefficient (Wildman–Crippen LogP) is 1.41. The summed E-state index contributed by atoms with van der Waals surface area (Å²) < 4.78 is 0.731. The first-order chi connectivity index (χ1) is 6.15. The fourth-order valence-electron chi connectivity index (χ4n) is 0.784. The van der Waals surface area contributed by atoms with Crippen molar-refractivity contribution >= 4 is 34.8 Å². The normalized spacial score (nSPS) is 18.7. The maximum absolute atomic E-state index is 10.5. The Morgan fingerprint density at radius 3 is 2.69 bits per heavy atom. The van der Waals surface area contributed by atoms with E-state index in [1.807, 2.05) is 22.6 Å². The molecule has 0 aromatic heterocycles. The van der Waals surface area contributed by atoms with Crippen molar-refractivity contribution in [1.82, 2.24) is 5.32 Å². The van der Waals surface area contributed by atoms with Crippen molar-refractivity contribution in [2.75, 3.05) is 0 Å². The first-order valence-electron chi connectivity index (χ1n) is 3.43. The molecule has 0 atom stereocenters. The number of halogens is 1. The highest BCUT2D eigenvalue weighted by Gasteiger charge is 2.08. The summed E-state index contributed by atoms with van der Waals surface area (Å²) in [7, 11) is 0. The van der Waals surface area contributed by atoms with E-state index in [0.717, 1.165) is 9.28 Å². The monoisotopic (exact) mass is 290 g/mol. The van der Waals surface area contributed by atoms with Gasteiger partial charge in [0.1, 0.15) is 0 Å². The number of hydrogen-bond donors (Lipinski definition) is 3. The SMILES string of the molecule is N=C/C(I)=C1/C=CC(C(=O)O)=CN1. The molecule has 0 aromatic carbocycles. The maximum atomic E-state index is 10.5. The smallest absolute Gasteiger partial charge is 0.337 e. The van der Waals surface area contributed by atoms with Crippen LogP contribution in [0.2, 0.25) is 0 Å². The first-order valence-corrected chi connectivity index (χ1v) is 4.51. The number of allylic oxidation sites excluding steroid dienone is 2. The second kappa shape index (κ2) is 4.22. The molecule has 68 valence electrons. The zero-order chi connectivity index (χ0) is 9.84. The van der Waals surface area contributed by atoms with Crippen LogP contribution >= 0.6 is 22.6 Å². The van der Waals surface area contributed by atoms with Gasteiger partial charge < -0.3 is 15.8 Å². The van der Waals surface area contributed by atoms with Crippen LogP contribution in [-0.2, 0) is 4.79 Å². The molecular formula is C8H7IN2O2. The standard InChI is InChI=1S/C8H7IN2O2/c9-6(3-10)7-2-1-5(4-11-7)8(12)13/h1-4,10-11H,(H,12,13)/b7-6+,10-3?. The molecule has 1 heterocycles. The van der Waals surface area contributed by atoms with Crippen LogP contribution in [0.4, 0.5) is 0 Å². The van der Waals surface area contributed by atoms with Gasteiger partial charge in [0.15, 0.2) is 0 Å². The molecule has 0 unspecified atom stereocenters. The minimum absolute atomic E-state index is 0.206. The molecule has 1 aliphatic rings. The zero-order valence-corrected chi connectivity index (χ0v) is 8.70. The fraction of sp³-hybridized carbons (Fsp3) is 0. The van der Waals surface area contributed by atoms with Gasteiger partial charge in [0.2, 0.25) is 0 Å². The van der Waals surface area contributed by atoms with Crippen LogP contribution in [0.5, 0.6) is 0 Å². The average molecular weight is 290 g/mol. The van der Waals surface area contributed by atoms with E-state index in [0.29, 0.717) is 0 Å². The highest BCUT2D eigenvalue weighted by atomic mass is 127. The minimum Gasteiger partial charge on any atom is -0.478 e. The topological polar surface area (TPSA) is 73.2 Å². The van der Waals surface area contributed by atoms with Crippen LogP contribution in [0.1, 0.15) is 0 Å². The molecule has 0 bridgehead atoms. The van der Waals surface area contributed by atoms with Crippen LogP contribution in [0.15, 0.2) is 33.2 Å². The number of hydrogen-bond acceptors (Lipinski definition) is 3. The van der Waals surface area contributed by atoms with Crippen molar-refractivity contribution in [3.8, 4) is 0 Å². The summed E-state index contributed by atoms with van der Waals surface area (Å²) in [6.45, 7) is 0. The fourth-order valence-corrected chi connectivity index (χ4v) is 1.12. The van der Waals surface area contributed by atoms with E-state index in [-0.39, 0.29) is 5.57 Å². The van der Waals surface area contributed by atoms with Crippen molar-refractivity contribution in [1.29, 1.82) is 5.41 Å². The summed E-state index contributed by atoms with van der Waals surface area (Å²) in [4.78, 5) is 10.5. The van der Waals surface area contributed by atoms with Gasteiger partial charge in [0, 0.05) is 12.4 Å². The Balaban J connectivity index is 2.85. The summed E-state index contributed by atoms with van der Waals surface area (Å²) in [6.07, 6.45) is 5.74. The number of nitrogens with one attached hydrogen (secondary N) is 2. The zero-order valence-electron chi connectivity index (χ0n) is 6.54. The van der Waals surface area contributed by atoms with Crippen LogP contribution < -0.4 is 5.32 Å². The van der Waals surface area contributed by atoms with Gasteiger partial charge in [0.05, 0.1) is 14.8 Å². The minimum atomic E-state index is -0.965. The van der Waals surface area contributed by atoms with Gasteiger partial charge in [-0.3, -0.25) is 0 Å². The Hall–Kier alpha value is -1.11. The molecule has 3 N–H and O–H groups in total. The molecule has 4 nitrogen and oxygen atoms in total. The van der Waals surface area contributed by atoms with Crippen LogP contribution in [0.25, 0.3) is 0 Å². The van der Waals surface area contributed by atoms with Gasteiger partial charge in [0.25, 0.3) is 0 Å². The van der Waals surface area contributed by atoms with Crippen molar-refractivity contribution in [2.24, 2.45) is 0 Å². The van der Waals surface area contributed by atoms with E-state index < -0.39 is 5.97 Å². The molecular weight excluding hydrogens is 283 g/mol. The highest BCUT2D eigenvalue weighted by Crippen LogP contribution is 2.14. The average Bonchev–Trinajstić information content (AvgIpc) is 2.17. The third-order valence-electron chi connectivity index (χ3n) is 1.44. The highest BCUT2D eigenvalue weighted by molar-refractivity contribution is 14.1. The Morgan fingerprint density at radius 1 is 1.62 bits per heavy atom. The predicted molar refractivity (Wildman–Crippen MR) is 57.8 cm³/mol. The van der Waals surface area contributed by atoms with Crippen molar-refractivity contribution < 1.29 is 9.90 Å². The Bertz CT molecular complexity index is 342. The number of carboxylic acids is 1. The van der Waals surface area contributed by atoms with Gasteiger partial charge in [-0.05, 0) is 34.7 Å². The molecule has 0 amide bonds. The second-order valence-electron chi connectivity index (χ2n) is 2.29. The lowest BCUT2D eigenvalue weighted by atomic mass is 10.2. The molecule has 0 aromatic rings. The van der Waals surface area contributed by atoms with Gasteiger partial charge in [-0.2, -0.15) is 0 Å². The molecule has 0 radical (unpaired) electrons. The van der Waals surface area contributed by atoms with Gasteiger partial charge in [-0.1, -0.05) is 0 Å². The van der Waals surface area contributed by atoms with E-state index in [4.69, 9.17) is 10.5 Å². The Kier molecular flexibility index (Phi) is 3.24. The lowest BCUT2D eigenvalue weighted by Gasteiger charge is -2.09. The van der Waals surface area contributed by atoms with Crippen LogP contribution in [0.3, 0.4) is 0 Å². The second-order valence-corrected chi connectivity index (χ2v) is 3.45. The summed E-state index contributed by atoms with van der Waals surface area (Å²) >= 11 is 2.00. The molecule has 0 spiro atoms. The molecule has 0 saturated carbocycles. The first kappa shape index (κ1) is 9.97. The number of aliphatic carboxylic acids is 1. The van der Waals surface area contributed by atoms with E-state index >= 15 is 0 Å². The lowest BCUT2D eigenvalue weighted by Crippen LogP contribution is -2.13. The largest absolute Gasteiger partial charge is 0.478 e. The van der Waals surface area contributed by atoms with Crippen molar-refractivity contribution in [2.45, 2.75) is 0 Å². The maximum Gasteiger partial charge on any atom is 0.337 e. The molecule has 0 aliphatic carbocycles. The number of dihydropyridines is 1. The van der Waals surface area contributed by atoms with Gasteiger partial charge in [-0.25, -0.2) is 4.79 Å². The molecule has 1 aliphatic heterocycles. The summed E-state index contributed by atoms with van der Waals surface area (Å²) in [5, 5.41) is 18.4. The lowest BCUT2D eigenvalue weighted by molar-refractivity contribution is -0.132. The van der Waals surface area contributed by atoms with E-state index in [1.54, 1.807) is 6.08 Å². The third kappa shape index (κ3) is 2.41. The molecule has 13 heavy (non-hydrogen) atoms. The van der Waals surface area contributed by atoms with Crippen LogP contribution in [0, 0.1) is 5.41 Å². The number of rotatable bonds is 2. The van der Waals surface area contributed by atoms with E-state index in [1.165, 1.54) is 18.5 Å². The number of carbonyl (C=O) groups is 1.